The largest absolute Gasteiger partial charge is 0.351 e. The number of ketones is 1. The maximum absolute atomic E-state index is 12.7. The average Bonchev–Trinajstić information content (AvgIpc) is 3.21. The molecule has 1 heterocycles. The Morgan fingerprint density at radius 1 is 0.885 bits per heavy atom. The number of amides is 1. The molecule has 0 aliphatic heterocycles. The van der Waals surface area contributed by atoms with Gasteiger partial charge in [-0.15, -0.1) is 11.3 Å². The van der Waals surface area contributed by atoms with E-state index in [0.29, 0.717) is 23.2 Å². The molecule has 26 heavy (non-hydrogen) atoms. The molecule has 0 spiro atoms. The number of nitrogens with one attached hydrogen (secondary N) is 1. The summed E-state index contributed by atoms with van der Waals surface area (Å²) in [6.07, 6.45) is 0. The maximum Gasteiger partial charge on any atom is 0.252 e. The van der Waals surface area contributed by atoms with Gasteiger partial charge in [-0.1, -0.05) is 54.6 Å². The second-order valence-corrected chi connectivity index (χ2v) is 7.77. The quantitative estimate of drug-likeness (QED) is 0.457. The van der Waals surface area contributed by atoms with Gasteiger partial charge in [-0.05, 0) is 17.5 Å². The molecular formula is C21H19NO2S2. The molecule has 0 aliphatic carbocycles. The summed E-state index contributed by atoms with van der Waals surface area (Å²) in [6.45, 7) is 0.572. The van der Waals surface area contributed by atoms with Crippen molar-refractivity contribution in [3.63, 3.8) is 0 Å². The van der Waals surface area contributed by atoms with E-state index in [2.05, 4.69) is 16.8 Å². The predicted octanol–water partition coefficient (Wildman–Crippen LogP) is 4.64. The summed E-state index contributed by atoms with van der Waals surface area (Å²) in [5, 5.41) is 4.99. The lowest BCUT2D eigenvalue weighted by molar-refractivity contribution is 0.0944. The van der Waals surface area contributed by atoms with Crippen LogP contribution in [0.25, 0.3) is 0 Å². The number of thiophene rings is 1. The van der Waals surface area contributed by atoms with E-state index in [9.17, 15) is 9.59 Å². The Hall–Kier alpha value is -2.37. The molecule has 3 nitrogen and oxygen atoms in total. The molecule has 0 radical (unpaired) electrons. The first-order chi connectivity index (χ1) is 12.8. The van der Waals surface area contributed by atoms with E-state index in [4.69, 9.17) is 0 Å². The predicted molar refractivity (Wildman–Crippen MR) is 109 cm³/mol. The van der Waals surface area contributed by atoms with Crippen molar-refractivity contribution >= 4 is 34.8 Å². The Labute approximate surface area is 161 Å². The van der Waals surface area contributed by atoms with Gasteiger partial charge in [0.2, 0.25) is 0 Å². The standard InChI is InChI=1S/C21H19NO2S2/c23-20(16-7-2-1-3-8-16)18-10-4-5-11-19(18)21(24)22-12-14-25-15-17-9-6-13-26-17/h1-11,13H,12,14-15H2,(H,22,24). The second-order valence-electron chi connectivity index (χ2n) is 5.63. The van der Waals surface area contributed by atoms with Gasteiger partial charge >= 0.3 is 0 Å². The van der Waals surface area contributed by atoms with Crippen molar-refractivity contribution in [2.75, 3.05) is 12.3 Å². The van der Waals surface area contributed by atoms with Crippen molar-refractivity contribution in [1.82, 2.24) is 5.32 Å². The molecule has 1 N–H and O–H groups in total. The lowest BCUT2D eigenvalue weighted by atomic mass is 9.98. The molecule has 1 amide bonds. The molecule has 0 saturated heterocycles. The van der Waals surface area contributed by atoms with Crippen molar-refractivity contribution in [2.24, 2.45) is 0 Å². The van der Waals surface area contributed by atoms with E-state index in [-0.39, 0.29) is 11.7 Å². The van der Waals surface area contributed by atoms with E-state index < -0.39 is 0 Å². The van der Waals surface area contributed by atoms with Gasteiger partial charge in [0.05, 0.1) is 5.56 Å². The fourth-order valence-electron chi connectivity index (χ4n) is 2.52. The van der Waals surface area contributed by atoms with Crippen LogP contribution in [0.5, 0.6) is 0 Å². The van der Waals surface area contributed by atoms with E-state index >= 15 is 0 Å². The SMILES string of the molecule is O=C(NCCSCc1cccs1)c1ccccc1C(=O)c1ccccc1. The minimum absolute atomic E-state index is 0.136. The van der Waals surface area contributed by atoms with Crippen LogP contribution >= 0.6 is 23.1 Å². The highest BCUT2D eigenvalue weighted by atomic mass is 32.2. The average molecular weight is 382 g/mol. The highest BCUT2D eigenvalue weighted by Gasteiger charge is 2.17. The van der Waals surface area contributed by atoms with Gasteiger partial charge in [-0.25, -0.2) is 0 Å². The number of carbonyl (C=O) groups is 2. The molecule has 0 saturated carbocycles. The number of hydrogen-bond donors (Lipinski definition) is 1. The molecule has 0 unspecified atom stereocenters. The highest BCUT2D eigenvalue weighted by Crippen LogP contribution is 2.17. The van der Waals surface area contributed by atoms with Gasteiger partial charge in [0, 0.05) is 34.1 Å². The third-order valence-electron chi connectivity index (χ3n) is 3.81. The monoisotopic (exact) mass is 381 g/mol. The van der Waals surface area contributed by atoms with E-state index in [1.165, 1.54) is 4.88 Å². The summed E-state index contributed by atoms with van der Waals surface area (Å²) in [6, 6.07) is 20.2. The van der Waals surface area contributed by atoms with Crippen LogP contribution in [-0.2, 0) is 5.75 Å². The van der Waals surface area contributed by atoms with Gasteiger partial charge < -0.3 is 5.32 Å². The minimum Gasteiger partial charge on any atom is -0.351 e. The molecule has 1 aromatic heterocycles. The second kappa shape index (κ2) is 9.36. The molecule has 2 aromatic carbocycles. The van der Waals surface area contributed by atoms with Crippen LogP contribution in [0.15, 0.2) is 72.1 Å². The molecule has 0 fully saturated rings. The fourth-order valence-corrected chi connectivity index (χ4v) is 4.22. The van der Waals surface area contributed by atoms with Gasteiger partial charge in [-0.3, -0.25) is 9.59 Å². The summed E-state index contributed by atoms with van der Waals surface area (Å²) in [7, 11) is 0. The van der Waals surface area contributed by atoms with Crippen LogP contribution in [-0.4, -0.2) is 24.0 Å². The number of thioether (sulfide) groups is 1. The summed E-state index contributed by atoms with van der Waals surface area (Å²) in [5.74, 6) is 1.44. The third-order valence-corrected chi connectivity index (χ3v) is 5.88. The number of benzene rings is 2. The van der Waals surface area contributed by atoms with Crippen molar-refractivity contribution in [1.29, 1.82) is 0 Å². The molecule has 5 heteroatoms. The van der Waals surface area contributed by atoms with Crippen LogP contribution in [0, 0.1) is 0 Å². The zero-order chi connectivity index (χ0) is 18.2. The normalized spacial score (nSPS) is 10.5. The zero-order valence-electron chi connectivity index (χ0n) is 14.2. The topological polar surface area (TPSA) is 46.2 Å². The molecule has 3 aromatic rings. The fraction of sp³-hybridized carbons (Fsp3) is 0.143. The molecular weight excluding hydrogens is 362 g/mol. The maximum atomic E-state index is 12.7. The smallest absolute Gasteiger partial charge is 0.252 e. The van der Waals surface area contributed by atoms with Gasteiger partial charge in [0.15, 0.2) is 5.78 Å². The highest BCUT2D eigenvalue weighted by molar-refractivity contribution is 7.98. The third kappa shape index (κ3) is 4.84. The Kier molecular flexibility index (Phi) is 6.63. The van der Waals surface area contributed by atoms with Crippen LogP contribution in [0.2, 0.25) is 0 Å². The minimum atomic E-state index is -0.207. The molecule has 0 bridgehead atoms. The molecule has 132 valence electrons. The Balaban J connectivity index is 1.58. The van der Waals surface area contributed by atoms with Crippen LogP contribution in [0.1, 0.15) is 31.2 Å². The first-order valence-electron chi connectivity index (χ1n) is 8.33. The number of hydrogen-bond acceptors (Lipinski definition) is 4. The van der Waals surface area contributed by atoms with E-state index in [1.807, 2.05) is 24.3 Å². The lowest BCUT2D eigenvalue weighted by Gasteiger charge is -2.09. The summed E-state index contributed by atoms with van der Waals surface area (Å²) >= 11 is 3.53. The molecule has 3 rings (SSSR count). The lowest BCUT2D eigenvalue weighted by Crippen LogP contribution is -2.27. The van der Waals surface area contributed by atoms with E-state index in [1.54, 1.807) is 59.5 Å². The van der Waals surface area contributed by atoms with Crippen molar-refractivity contribution in [3.05, 3.63) is 93.7 Å². The van der Waals surface area contributed by atoms with Crippen LogP contribution in [0.4, 0.5) is 0 Å². The zero-order valence-corrected chi connectivity index (χ0v) is 15.8. The van der Waals surface area contributed by atoms with Gasteiger partial charge in [0.25, 0.3) is 5.91 Å². The van der Waals surface area contributed by atoms with Crippen LogP contribution in [0.3, 0.4) is 0 Å². The summed E-state index contributed by atoms with van der Waals surface area (Å²) in [5.41, 5.74) is 1.44. The Morgan fingerprint density at radius 2 is 1.62 bits per heavy atom. The summed E-state index contributed by atoms with van der Waals surface area (Å²) in [4.78, 5) is 26.6. The number of carbonyl (C=O) groups excluding carboxylic acids is 2. The van der Waals surface area contributed by atoms with Crippen molar-refractivity contribution in [2.45, 2.75) is 5.75 Å². The molecule has 0 atom stereocenters. The van der Waals surface area contributed by atoms with Crippen molar-refractivity contribution in [3.8, 4) is 0 Å². The Morgan fingerprint density at radius 3 is 2.35 bits per heavy atom. The molecule has 0 aliphatic rings. The number of rotatable bonds is 8. The summed E-state index contributed by atoms with van der Waals surface area (Å²) < 4.78 is 0. The first kappa shape index (κ1) is 18.4. The first-order valence-corrected chi connectivity index (χ1v) is 10.4. The Bertz CT molecular complexity index is 861. The van der Waals surface area contributed by atoms with Gasteiger partial charge in [0.1, 0.15) is 0 Å². The van der Waals surface area contributed by atoms with Gasteiger partial charge in [-0.2, -0.15) is 11.8 Å². The van der Waals surface area contributed by atoms with E-state index in [0.717, 1.165) is 11.5 Å². The van der Waals surface area contributed by atoms with Crippen LogP contribution < -0.4 is 5.32 Å². The van der Waals surface area contributed by atoms with Crippen molar-refractivity contribution < 1.29 is 9.59 Å².